The fourth-order valence-electron chi connectivity index (χ4n) is 8.12. The Morgan fingerprint density at radius 2 is 0.588 bits per heavy atom. The fraction of sp³-hybridized carbons (Fsp3) is 0.758. The molecule has 0 bridgehead atoms. The Bertz CT molecular complexity index is 1270. The van der Waals surface area contributed by atoms with Crippen LogP contribution in [0.5, 0.6) is 0 Å². The average Bonchev–Trinajstić information content (AvgIpc) is 3.34. The lowest BCUT2D eigenvalue weighted by Crippen LogP contribution is -2.30. The monoisotopic (exact) mass is 949 g/mol. The number of carbonyl (C=O) groups excluding carboxylic acids is 3. The van der Waals surface area contributed by atoms with Gasteiger partial charge in [0, 0.05) is 19.3 Å². The van der Waals surface area contributed by atoms with Crippen LogP contribution < -0.4 is 0 Å². The van der Waals surface area contributed by atoms with E-state index in [1.165, 1.54) is 161 Å². The van der Waals surface area contributed by atoms with Crippen molar-refractivity contribution in [3.8, 4) is 0 Å². The SMILES string of the molecule is CC/C=C\C/C=C\C/C=C\C/C=C\C/C=C\CCCC(=O)O[C@@H](COC(=O)CCCCCCCCCCCCCC)COC(=O)CCCCCCCCCCCCC/C=C\CCCCCCCC. The lowest BCUT2D eigenvalue weighted by Gasteiger charge is -2.18. The zero-order valence-corrected chi connectivity index (χ0v) is 44.9. The lowest BCUT2D eigenvalue weighted by molar-refractivity contribution is -0.167. The van der Waals surface area contributed by atoms with Gasteiger partial charge in [0.1, 0.15) is 13.2 Å². The summed E-state index contributed by atoms with van der Waals surface area (Å²) in [5.41, 5.74) is 0. The number of hydrogen-bond donors (Lipinski definition) is 0. The highest BCUT2D eigenvalue weighted by molar-refractivity contribution is 5.71. The molecular formula is C62H108O6. The van der Waals surface area contributed by atoms with Gasteiger partial charge in [0.2, 0.25) is 0 Å². The summed E-state index contributed by atoms with van der Waals surface area (Å²) < 4.78 is 16.8. The number of hydrogen-bond acceptors (Lipinski definition) is 6. The van der Waals surface area contributed by atoms with Crippen molar-refractivity contribution in [3.63, 3.8) is 0 Å². The van der Waals surface area contributed by atoms with Crippen LogP contribution in [0.2, 0.25) is 0 Å². The van der Waals surface area contributed by atoms with Gasteiger partial charge in [-0.2, -0.15) is 0 Å². The minimum absolute atomic E-state index is 0.0957. The van der Waals surface area contributed by atoms with Crippen molar-refractivity contribution in [2.75, 3.05) is 13.2 Å². The molecule has 0 amide bonds. The van der Waals surface area contributed by atoms with Crippen molar-refractivity contribution in [2.45, 2.75) is 290 Å². The van der Waals surface area contributed by atoms with Crippen LogP contribution >= 0.6 is 0 Å². The zero-order chi connectivity index (χ0) is 49.3. The average molecular weight is 950 g/mol. The number of ether oxygens (including phenoxy) is 3. The van der Waals surface area contributed by atoms with Crippen LogP contribution in [0.1, 0.15) is 284 Å². The summed E-state index contributed by atoms with van der Waals surface area (Å²) >= 11 is 0. The van der Waals surface area contributed by atoms with Crippen molar-refractivity contribution in [1.29, 1.82) is 0 Å². The second-order valence-corrected chi connectivity index (χ2v) is 19.2. The van der Waals surface area contributed by atoms with Crippen LogP contribution in [0.4, 0.5) is 0 Å². The maximum Gasteiger partial charge on any atom is 0.306 e. The quantitative estimate of drug-likeness (QED) is 0.0262. The Labute approximate surface area is 421 Å². The lowest BCUT2D eigenvalue weighted by atomic mass is 10.0. The first-order valence-corrected chi connectivity index (χ1v) is 28.9. The van der Waals surface area contributed by atoms with Gasteiger partial charge in [-0.1, -0.05) is 254 Å². The predicted molar refractivity (Wildman–Crippen MR) is 293 cm³/mol. The van der Waals surface area contributed by atoms with Crippen molar-refractivity contribution in [1.82, 2.24) is 0 Å². The molecule has 1 atom stereocenters. The smallest absolute Gasteiger partial charge is 0.306 e. The molecule has 0 radical (unpaired) electrons. The van der Waals surface area contributed by atoms with Crippen LogP contribution in [0.25, 0.3) is 0 Å². The van der Waals surface area contributed by atoms with Gasteiger partial charge < -0.3 is 14.2 Å². The molecular weight excluding hydrogens is 841 g/mol. The normalized spacial score (nSPS) is 12.6. The summed E-state index contributed by atoms with van der Waals surface area (Å²) in [7, 11) is 0. The van der Waals surface area contributed by atoms with E-state index in [2.05, 4.69) is 93.7 Å². The highest BCUT2D eigenvalue weighted by atomic mass is 16.6. The van der Waals surface area contributed by atoms with Gasteiger partial charge in [-0.05, 0) is 83.5 Å². The van der Waals surface area contributed by atoms with Crippen LogP contribution in [0, 0.1) is 0 Å². The van der Waals surface area contributed by atoms with Gasteiger partial charge >= 0.3 is 17.9 Å². The van der Waals surface area contributed by atoms with Crippen LogP contribution in [-0.4, -0.2) is 37.2 Å². The third-order valence-corrected chi connectivity index (χ3v) is 12.4. The fourth-order valence-corrected chi connectivity index (χ4v) is 8.12. The number of unbranched alkanes of at least 4 members (excludes halogenated alkanes) is 29. The van der Waals surface area contributed by atoms with E-state index in [1.807, 2.05) is 0 Å². The Kier molecular flexibility index (Phi) is 53.8. The summed E-state index contributed by atoms with van der Waals surface area (Å²) in [4.78, 5) is 38.1. The van der Waals surface area contributed by atoms with E-state index in [0.29, 0.717) is 19.3 Å². The van der Waals surface area contributed by atoms with E-state index in [9.17, 15) is 14.4 Å². The van der Waals surface area contributed by atoms with Gasteiger partial charge in [0.05, 0.1) is 0 Å². The molecule has 0 aliphatic heterocycles. The van der Waals surface area contributed by atoms with Gasteiger partial charge in [0.15, 0.2) is 6.10 Å². The molecule has 0 fully saturated rings. The molecule has 0 aromatic carbocycles. The molecule has 392 valence electrons. The molecule has 0 rings (SSSR count). The molecule has 0 aromatic rings. The van der Waals surface area contributed by atoms with E-state index < -0.39 is 6.10 Å². The molecule has 0 aromatic heterocycles. The van der Waals surface area contributed by atoms with Gasteiger partial charge in [-0.3, -0.25) is 14.4 Å². The van der Waals surface area contributed by atoms with Gasteiger partial charge in [0.25, 0.3) is 0 Å². The molecule has 6 heteroatoms. The number of allylic oxidation sites excluding steroid dienone is 12. The van der Waals surface area contributed by atoms with Crippen LogP contribution in [-0.2, 0) is 28.6 Å². The molecule has 0 saturated carbocycles. The van der Waals surface area contributed by atoms with Crippen molar-refractivity contribution < 1.29 is 28.6 Å². The summed E-state index contributed by atoms with van der Waals surface area (Å²) in [5.74, 6) is -0.946. The highest BCUT2D eigenvalue weighted by Crippen LogP contribution is 2.16. The first-order valence-electron chi connectivity index (χ1n) is 28.9. The molecule has 0 spiro atoms. The minimum Gasteiger partial charge on any atom is -0.462 e. The molecule has 0 heterocycles. The van der Waals surface area contributed by atoms with Crippen molar-refractivity contribution in [3.05, 3.63) is 72.9 Å². The Morgan fingerprint density at radius 1 is 0.309 bits per heavy atom. The minimum atomic E-state index is -0.803. The van der Waals surface area contributed by atoms with Gasteiger partial charge in [-0.25, -0.2) is 0 Å². The number of carbonyl (C=O) groups is 3. The van der Waals surface area contributed by atoms with Crippen LogP contribution in [0.15, 0.2) is 72.9 Å². The molecule has 0 aliphatic rings. The summed E-state index contributed by atoms with van der Waals surface area (Å²) in [6.07, 6.45) is 71.9. The topological polar surface area (TPSA) is 78.9 Å². The summed E-state index contributed by atoms with van der Waals surface area (Å²) in [6, 6.07) is 0. The molecule has 0 unspecified atom stereocenters. The number of esters is 3. The van der Waals surface area contributed by atoms with E-state index >= 15 is 0 Å². The number of rotatable bonds is 52. The summed E-state index contributed by atoms with van der Waals surface area (Å²) in [5, 5.41) is 0. The maximum atomic E-state index is 12.8. The van der Waals surface area contributed by atoms with Crippen molar-refractivity contribution in [2.24, 2.45) is 0 Å². The first kappa shape index (κ1) is 64.8. The molecule has 0 saturated heterocycles. The zero-order valence-electron chi connectivity index (χ0n) is 44.9. The Hall–Kier alpha value is -3.15. The van der Waals surface area contributed by atoms with Crippen molar-refractivity contribution >= 4 is 17.9 Å². The van der Waals surface area contributed by atoms with E-state index in [-0.39, 0.29) is 37.5 Å². The predicted octanol–water partition coefficient (Wildman–Crippen LogP) is 19.4. The maximum absolute atomic E-state index is 12.8. The van der Waals surface area contributed by atoms with E-state index in [0.717, 1.165) is 77.0 Å². The van der Waals surface area contributed by atoms with Gasteiger partial charge in [-0.15, -0.1) is 0 Å². The van der Waals surface area contributed by atoms with Crippen LogP contribution in [0.3, 0.4) is 0 Å². The third kappa shape index (κ3) is 53.8. The van der Waals surface area contributed by atoms with E-state index in [1.54, 1.807) is 0 Å². The Balaban J connectivity index is 4.39. The standard InChI is InChI=1S/C62H108O6/c1-4-7-10-13-16-19-22-25-27-29-30-31-32-34-35-37-40-43-46-49-52-55-61(64)67-58-59(57-66-60(63)54-51-48-45-42-39-24-21-18-15-12-9-6-3)68-62(65)56-53-50-47-44-41-38-36-33-28-26-23-20-17-14-11-8-5-2/h8,11,17,20,25-28,36,38,44,47,59H,4-7,9-10,12-16,18-19,21-24,29-35,37,39-43,45-46,48-58H2,1-3H3/b11-8-,20-17-,27-25-,28-26-,38-36-,47-44-/t59-/m0/s1. The second-order valence-electron chi connectivity index (χ2n) is 19.2. The first-order chi connectivity index (χ1) is 33.5. The largest absolute Gasteiger partial charge is 0.462 e. The second kappa shape index (κ2) is 56.4. The molecule has 6 nitrogen and oxygen atoms in total. The summed E-state index contributed by atoms with van der Waals surface area (Å²) in [6.45, 7) is 6.49. The Morgan fingerprint density at radius 3 is 0.956 bits per heavy atom. The third-order valence-electron chi connectivity index (χ3n) is 12.4. The molecule has 0 N–H and O–H groups in total. The highest BCUT2D eigenvalue weighted by Gasteiger charge is 2.19. The molecule has 0 aliphatic carbocycles. The molecule has 68 heavy (non-hydrogen) atoms. The van der Waals surface area contributed by atoms with E-state index in [4.69, 9.17) is 14.2 Å².